The SMILES string of the molecule is COc1cc(F)c(-c2nccn2[C@@H]2COC[C@H]2Cc2ccncc2)cc1OC. The van der Waals surface area contributed by atoms with Crippen molar-refractivity contribution in [2.45, 2.75) is 12.5 Å². The van der Waals surface area contributed by atoms with E-state index in [0.717, 1.165) is 6.42 Å². The molecule has 0 aliphatic carbocycles. The molecule has 0 spiro atoms. The lowest BCUT2D eigenvalue weighted by Gasteiger charge is -2.22. The fourth-order valence-corrected chi connectivity index (χ4v) is 3.73. The van der Waals surface area contributed by atoms with E-state index in [2.05, 4.69) is 9.97 Å². The molecule has 0 radical (unpaired) electrons. The van der Waals surface area contributed by atoms with Crippen LogP contribution >= 0.6 is 0 Å². The zero-order chi connectivity index (χ0) is 19.5. The summed E-state index contributed by atoms with van der Waals surface area (Å²) in [6.45, 7) is 1.22. The fourth-order valence-electron chi connectivity index (χ4n) is 3.73. The van der Waals surface area contributed by atoms with Crippen LogP contribution in [-0.4, -0.2) is 42.0 Å². The average molecular weight is 383 g/mol. The number of ether oxygens (including phenoxy) is 3. The first-order chi connectivity index (χ1) is 13.7. The van der Waals surface area contributed by atoms with Gasteiger partial charge in [-0.05, 0) is 30.2 Å². The number of nitrogens with zero attached hydrogens (tertiary/aromatic N) is 3. The van der Waals surface area contributed by atoms with Gasteiger partial charge < -0.3 is 18.8 Å². The number of benzene rings is 1. The Bertz CT molecular complexity index is 945. The number of imidazole rings is 1. The van der Waals surface area contributed by atoms with Crippen LogP contribution in [-0.2, 0) is 11.2 Å². The molecular weight excluding hydrogens is 361 g/mol. The maximum absolute atomic E-state index is 14.8. The number of rotatable bonds is 6. The van der Waals surface area contributed by atoms with Gasteiger partial charge in [0.1, 0.15) is 11.6 Å². The highest BCUT2D eigenvalue weighted by Gasteiger charge is 2.32. The molecule has 28 heavy (non-hydrogen) atoms. The number of aromatic nitrogens is 3. The monoisotopic (exact) mass is 383 g/mol. The summed E-state index contributed by atoms with van der Waals surface area (Å²) in [5.74, 6) is 1.22. The second-order valence-corrected chi connectivity index (χ2v) is 6.77. The van der Waals surface area contributed by atoms with Crippen molar-refractivity contribution in [3.8, 4) is 22.9 Å². The Balaban J connectivity index is 1.67. The summed E-state index contributed by atoms with van der Waals surface area (Å²) >= 11 is 0. The highest BCUT2D eigenvalue weighted by Crippen LogP contribution is 2.37. The molecule has 1 saturated heterocycles. The molecular formula is C21H22FN3O3. The van der Waals surface area contributed by atoms with Gasteiger partial charge in [-0.3, -0.25) is 4.98 Å². The summed E-state index contributed by atoms with van der Waals surface area (Å²) in [5, 5.41) is 0. The number of pyridine rings is 1. The van der Waals surface area contributed by atoms with Crippen molar-refractivity contribution in [3.63, 3.8) is 0 Å². The fraction of sp³-hybridized carbons (Fsp3) is 0.333. The molecule has 146 valence electrons. The Morgan fingerprint density at radius 2 is 1.86 bits per heavy atom. The minimum absolute atomic E-state index is 0.0677. The summed E-state index contributed by atoms with van der Waals surface area (Å²) in [6, 6.07) is 7.04. The summed E-state index contributed by atoms with van der Waals surface area (Å²) in [4.78, 5) is 8.50. The van der Waals surface area contributed by atoms with E-state index >= 15 is 0 Å². The van der Waals surface area contributed by atoms with Gasteiger partial charge >= 0.3 is 0 Å². The topological polar surface area (TPSA) is 58.4 Å². The molecule has 3 aromatic rings. The standard InChI is InChI=1S/C21H22FN3O3/c1-26-19-10-16(17(22)11-20(19)27-2)21-24-7-8-25(21)18-13-28-12-15(18)9-14-3-5-23-6-4-14/h3-8,10-11,15,18H,9,12-13H2,1-2H3/t15-,18-/m1/s1. The van der Waals surface area contributed by atoms with Gasteiger partial charge in [-0.15, -0.1) is 0 Å². The summed E-state index contributed by atoms with van der Waals surface area (Å²) in [6.07, 6.45) is 8.01. The Morgan fingerprint density at radius 3 is 2.61 bits per heavy atom. The normalized spacial score (nSPS) is 19.0. The first kappa shape index (κ1) is 18.4. The van der Waals surface area contributed by atoms with Gasteiger partial charge in [-0.1, -0.05) is 0 Å². The lowest BCUT2D eigenvalue weighted by atomic mass is 9.95. The molecule has 0 unspecified atom stereocenters. The quantitative estimate of drug-likeness (QED) is 0.652. The summed E-state index contributed by atoms with van der Waals surface area (Å²) < 4.78 is 33.1. The molecule has 0 saturated carbocycles. The first-order valence-corrected chi connectivity index (χ1v) is 9.12. The third-order valence-electron chi connectivity index (χ3n) is 5.15. The molecule has 1 aliphatic rings. The molecule has 2 aromatic heterocycles. The van der Waals surface area contributed by atoms with E-state index in [4.69, 9.17) is 14.2 Å². The van der Waals surface area contributed by atoms with Crippen LogP contribution < -0.4 is 9.47 Å². The highest BCUT2D eigenvalue weighted by molar-refractivity contribution is 5.62. The van der Waals surface area contributed by atoms with Gasteiger partial charge in [-0.2, -0.15) is 0 Å². The van der Waals surface area contributed by atoms with E-state index < -0.39 is 5.82 Å². The van der Waals surface area contributed by atoms with Gasteiger partial charge in [0.05, 0.1) is 39.0 Å². The van der Waals surface area contributed by atoms with Crippen molar-refractivity contribution in [2.75, 3.05) is 27.4 Å². The molecule has 6 nitrogen and oxygen atoms in total. The van der Waals surface area contributed by atoms with Gasteiger partial charge in [0.2, 0.25) is 0 Å². The van der Waals surface area contributed by atoms with Crippen molar-refractivity contribution >= 4 is 0 Å². The Kier molecular flexibility index (Phi) is 5.25. The van der Waals surface area contributed by atoms with Crippen LogP contribution in [0.1, 0.15) is 11.6 Å². The number of methoxy groups -OCH3 is 2. The first-order valence-electron chi connectivity index (χ1n) is 9.12. The Morgan fingerprint density at radius 1 is 1.11 bits per heavy atom. The number of hydrogen-bond acceptors (Lipinski definition) is 5. The number of hydrogen-bond donors (Lipinski definition) is 0. The van der Waals surface area contributed by atoms with Crippen LogP contribution in [0.5, 0.6) is 11.5 Å². The van der Waals surface area contributed by atoms with E-state index in [1.807, 2.05) is 22.9 Å². The van der Waals surface area contributed by atoms with Crippen LogP contribution in [0.2, 0.25) is 0 Å². The molecule has 4 rings (SSSR count). The van der Waals surface area contributed by atoms with Crippen molar-refractivity contribution in [3.05, 3.63) is 60.4 Å². The second-order valence-electron chi connectivity index (χ2n) is 6.77. The van der Waals surface area contributed by atoms with E-state index in [1.165, 1.54) is 25.8 Å². The Hall–Kier alpha value is -2.93. The molecule has 3 heterocycles. The van der Waals surface area contributed by atoms with Gasteiger partial charge in [-0.25, -0.2) is 9.37 Å². The molecule has 7 heteroatoms. The van der Waals surface area contributed by atoms with E-state index in [0.29, 0.717) is 36.1 Å². The molecule has 1 aliphatic heterocycles. The molecule has 0 bridgehead atoms. The van der Waals surface area contributed by atoms with E-state index in [1.54, 1.807) is 24.7 Å². The summed E-state index contributed by atoms with van der Waals surface area (Å²) in [7, 11) is 3.01. The minimum Gasteiger partial charge on any atom is -0.493 e. The van der Waals surface area contributed by atoms with Crippen LogP contribution in [0.25, 0.3) is 11.4 Å². The maximum Gasteiger partial charge on any atom is 0.163 e. The largest absolute Gasteiger partial charge is 0.493 e. The maximum atomic E-state index is 14.8. The lowest BCUT2D eigenvalue weighted by molar-refractivity contribution is 0.181. The average Bonchev–Trinajstić information content (AvgIpc) is 3.37. The predicted molar refractivity (Wildman–Crippen MR) is 102 cm³/mol. The van der Waals surface area contributed by atoms with Crippen LogP contribution in [0, 0.1) is 11.7 Å². The predicted octanol–water partition coefficient (Wildman–Crippen LogP) is 3.53. The smallest absolute Gasteiger partial charge is 0.163 e. The zero-order valence-electron chi connectivity index (χ0n) is 15.8. The third kappa shape index (κ3) is 3.45. The van der Waals surface area contributed by atoms with Gasteiger partial charge in [0.25, 0.3) is 0 Å². The molecule has 0 amide bonds. The van der Waals surface area contributed by atoms with Crippen molar-refractivity contribution in [1.82, 2.24) is 14.5 Å². The van der Waals surface area contributed by atoms with Crippen LogP contribution in [0.3, 0.4) is 0 Å². The van der Waals surface area contributed by atoms with Crippen molar-refractivity contribution in [1.29, 1.82) is 0 Å². The lowest BCUT2D eigenvalue weighted by Crippen LogP contribution is -2.20. The third-order valence-corrected chi connectivity index (χ3v) is 5.15. The van der Waals surface area contributed by atoms with E-state index in [-0.39, 0.29) is 12.0 Å². The molecule has 2 atom stereocenters. The molecule has 0 N–H and O–H groups in total. The number of halogens is 1. The summed E-state index contributed by atoms with van der Waals surface area (Å²) in [5.41, 5.74) is 1.58. The van der Waals surface area contributed by atoms with Gasteiger partial charge in [0.15, 0.2) is 11.5 Å². The van der Waals surface area contributed by atoms with Gasteiger partial charge in [0, 0.05) is 36.8 Å². The van der Waals surface area contributed by atoms with Crippen molar-refractivity contribution in [2.24, 2.45) is 5.92 Å². The van der Waals surface area contributed by atoms with Crippen molar-refractivity contribution < 1.29 is 18.6 Å². The zero-order valence-corrected chi connectivity index (χ0v) is 15.8. The molecule has 1 fully saturated rings. The second kappa shape index (κ2) is 7.98. The highest BCUT2D eigenvalue weighted by atomic mass is 19.1. The van der Waals surface area contributed by atoms with E-state index in [9.17, 15) is 4.39 Å². The minimum atomic E-state index is -0.408. The Labute approximate surface area is 162 Å². The van der Waals surface area contributed by atoms with Crippen LogP contribution in [0.4, 0.5) is 4.39 Å². The van der Waals surface area contributed by atoms with Crippen LogP contribution in [0.15, 0.2) is 49.1 Å². The molecule has 1 aromatic carbocycles.